The van der Waals surface area contributed by atoms with Gasteiger partial charge >= 0.3 is 5.97 Å². The van der Waals surface area contributed by atoms with E-state index in [1.807, 2.05) is 43.3 Å². The highest BCUT2D eigenvalue weighted by molar-refractivity contribution is 9.10. The van der Waals surface area contributed by atoms with Crippen molar-refractivity contribution in [2.45, 2.75) is 20.0 Å². The topological polar surface area (TPSA) is 77.9 Å². The second-order valence-electron chi connectivity index (χ2n) is 6.45. The van der Waals surface area contributed by atoms with E-state index in [-0.39, 0.29) is 12.2 Å². The predicted molar refractivity (Wildman–Crippen MR) is 117 cm³/mol. The molecule has 156 valence electrons. The van der Waals surface area contributed by atoms with Gasteiger partial charge in [0.2, 0.25) is 0 Å². The molecule has 1 aromatic heterocycles. The standard InChI is InChI=1S/C23H22BrNO5/c1-3-11-29-22-10-7-16(28-2)13-19(22)20-9-8-18(23(26)27)21(25-20)14-30-17-6-4-5-15(24)12-17/h4-10,12-13H,3,11,14H2,1-2H3,(H,26,27). The fourth-order valence-electron chi connectivity index (χ4n) is 2.84. The van der Waals surface area contributed by atoms with E-state index >= 15 is 0 Å². The molecule has 0 aliphatic carbocycles. The first kappa shape index (κ1) is 21.6. The van der Waals surface area contributed by atoms with Crippen LogP contribution in [0.25, 0.3) is 11.3 Å². The highest BCUT2D eigenvalue weighted by Crippen LogP contribution is 2.33. The van der Waals surface area contributed by atoms with Gasteiger partial charge in [-0.2, -0.15) is 0 Å². The minimum absolute atomic E-state index is 0.0149. The van der Waals surface area contributed by atoms with Crippen molar-refractivity contribution >= 4 is 21.9 Å². The van der Waals surface area contributed by atoms with Crippen molar-refractivity contribution < 1.29 is 24.1 Å². The fourth-order valence-corrected chi connectivity index (χ4v) is 3.22. The third-order valence-corrected chi connectivity index (χ3v) is 4.79. The number of aromatic carboxylic acids is 1. The number of halogens is 1. The average Bonchev–Trinajstić information content (AvgIpc) is 2.76. The molecule has 1 heterocycles. The Kier molecular flexibility index (Phi) is 7.30. The first-order valence-electron chi connectivity index (χ1n) is 9.44. The number of hydrogen-bond donors (Lipinski definition) is 1. The molecule has 0 radical (unpaired) electrons. The molecule has 0 aliphatic rings. The molecule has 0 saturated heterocycles. The van der Waals surface area contributed by atoms with E-state index in [4.69, 9.17) is 14.2 Å². The quantitative estimate of drug-likeness (QED) is 0.438. The van der Waals surface area contributed by atoms with Gasteiger partial charge in [0.1, 0.15) is 23.9 Å². The smallest absolute Gasteiger partial charge is 0.337 e. The van der Waals surface area contributed by atoms with E-state index < -0.39 is 5.97 Å². The molecule has 3 aromatic rings. The molecule has 0 fully saturated rings. The monoisotopic (exact) mass is 471 g/mol. The zero-order chi connectivity index (χ0) is 21.5. The number of hydrogen-bond acceptors (Lipinski definition) is 5. The van der Waals surface area contributed by atoms with Gasteiger partial charge < -0.3 is 19.3 Å². The predicted octanol–water partition coefficient (Wildman–Crippen LogP) is 5.59. The molecule has 0 atom stereocenters. The molecule has 0 spiro atoms. The van der Waals surface area contributed by atoms with Crippen molar-refractivity contribution in [1.82, 2.24) is 4.98 Å². The maximum absolute atomic E-state index is 11.7. The number of carboxylic acids is 1. The van der Waals surface area contributed by atoms with Crippen LogP contribution in [0.4, 0.5) is 0 Å². The van der Waals surface area contributed by atoms with Gasteiger partial charge in [-0.05, 0) is 55.0 Å². The summed E-state index contributed by atoms with van der Waals surface area (Å²) in [7, 11) is 1.59. The van der Waals surface area contributed by atoms with Crippen LogP contribution >= 0.6 is 15.9 Å². The van der Waals surface area contributed by atoms with Gasteiger partial charge in [0.05, 0.1) is 30.7 Å². The van der Waals surface area contributed by atoms with Crippen LogP contribution in [0.15, 0.2) is 59.1 Å². The highest BCUT2D eigenvalue weighted by Gasteiger charge is 2.17. The van der Waals surface area contributed by atoms with E-state index in [1.165, 1.54) is 6.07 Å². The molecule has 3 rings (SSSR count). The van der Waals surface area contributed by atoms with Crippen LogP contribution in [0.1, 0.15) is 29.4 Å². The summed E-state index contributed by atoms with van der Waals surface area (Å²) in [6, 6.07) is 16.0. The number of nitrogens with zero attached hydrogens (tertiary/aromatic N) is 1. The Morgan fingerprint density at radius 1 is 1.07 bits per heavy atom. The molecule has 7 heteroatoms. The van der Waals surface area contributed by atoms with Crippen LogP contribution in [-0.2, 0) is 6.61 Å². The Balaban J connectivity index is 1.98. The Bertz CT molecular complexity index is 1040. The number of aromatic nitrogens is 1. The van der Waals surface area contributed by atoms with Crippen LogP contribution in [0.2, 0.25) is 0 Å². The van der Waals surface area contributed by atoms with Crippen LogP contribution in [0.3, 0.4) is 0 Å². The van der Waals surface area contributed by atoms with Crippen molar-refractivity contribution in [1.29, 1.82) is 0 Å². The summed E-state index contributed by atoms with van der Waals surface area (Å²) < 4.78 is 17.8. The molecule has 30 heavy (non-hydrogen) atoms. The second-order valence-corrected chi connectivity index (χ2v) is 7.37. The maximum atomic E-state index is 11.7. The van der Waals surface area contributed by atoms with Gasteiger partial charge in [-0.15, -0.1) is 0 Å². The van der Waals surface area contributed by atoms with Crippen molar-refractivity contribution in [2.75, 3.05) is 13.7 Å². The first-order chi connectivity index (χ1) is 14.5. The van der Waals surface area contributed by atoms with E-state index in [2.05, 4.69) is 20.9 Å². The maximum Gasteiger partial charge on any atom is 0.337 e. The molecule has 0 amide bonds. The largest absolute Gasteiger partial charge is 0.497 e. The summed E-state index contributed by atoms with van der Waals surface area (Å²) >= 11 is 3.39. The lowest BCUT2D eigenvalue weighted by molar-refractivity contribution is 0.0693. The summed E-state index contributed by atoms with van der Waals surface area (Å²) in [5.74, 6) is 0.869. The number of carboxylic acid groups (broad SMARTS) is 1. The van der Waals surface area contributed by atoms with Gasteiger partial charge in [0.25, 0.3) is 0 Å². The van der Waals surface area contributed by atoms with Gasteiger partial charge in [-0.3, -0.25) is 0 Å². The summed E-state index contributed by atoms with van der Waals surface area (Å²) in [4.78, 5) is 16.3. The van der Waals surface area contributed by atoms with Crippen molar-refractivity contribution in [2.24, 2.45) is 0 Å². The Hall–Kier alpha value is -3.06. The van der Waals surface area contributed by atoms with Gasteiger partial charge in [0, 0.05) is 10.0 Å². The lowest BCUT2D eigenvalue weighted by Crippen LogP contribution is -2.09. The molecular formula is C23H22BrNO5. The molecule has 2 aromatic carbocycles. The lowest BCUT2D eigenvalue weighted by Gasteiger charge is -2.14. The van der Waals surface area contributed by atoms with Gasteiger partial charge in [-0.1, -0.05) is 28.9 Å². The third-order valence-electron chi connectivity index (χ3n) is 4.30. The minimum atomic E-state index is -1.06. The number of benzene rings is 2. The Morgan fingerprint density at radius 2 is 1.90 bits per heavy atom. The number of carbonyl (C=O) groups is 1. The minimum Gasteiger partial charge on any atom is -0.497 e. The summed E-state index contributed by atoms with van der Waals surface area (Å²) in [5, 5.41) is 9.57. The lowest BCUT2D eigenvalue weighted by atomic mass is 10.1. The zero-order valence-electron chi connectivity index (χ0n) is 16.7. The summed E-state index contributed by atoms with van der Waals surface area (Å²) in [6.45, 7) is 2.60. The Labute approximate surface area is 183 Å². The van der Waals surface area contributed by atoms with Crippen LogP contribution in [0, 0.1) is 0 Å². The number of rotatable bonds is 9. The van der Waals surface area contributed by atoms with Crippen LogP contribution in [-0.4, -0.2) is 29.8 Å². The number of methoxy groups -OCH3 is 1. The van der Waals surface area contributed by atoms with Crippen LogP contribution in [0.5, 0.6) is 17.2 Å². The zero-order valence-corrected chi connectivity index (χ0v) is 18.3. The van der Waals surface area contributed by atoms with Gasteiger partial charge in [-0.25, -0.2) is 9.78 Å². The normalized spacial score (nSPS) is 10.5. The van der Waals surface area contributed by atoms with Crippen molar-refractivity contribution in [3.05, 3.63) is 70.3 Å². The second kappa shape index (κ2) is 10.1. The molecule has 6 nitrogen and oxygen atoms in total. The average molecular weight is 472 g/mol. The number of ether oxygens (including phenoxy) is 3. The van der Waals surface area contributed by atoms with E-state index in [9.17, 15) is 9.90 Å². The highest BCUT2D eigenvalue weighted by atomic mass is 79.9. The van der Waals surface area contributed by atoms with Crippen molar-refractivity contribution in [3.8, 4) is 28.5 Å². The molecule has 1 N–H and O–H groups in total. The molecule has 0 bridgehead atoms. The fraction of sp³-hybridized carbons (Fsp3) is 0.217. The molecular weight excluding hydrogens is 450 g/mol. The first-order valence-corrected chi connectivity index (χ1v) is 10.2. The summed E-state index contributed by atoms with van der Waals surface area (Å²) in [5.41, 5.74) is 1.72. The third kappa shape index (κ3) is 5.30. The number of pyridine rings is 1. The SMILES string of the molecule is CCCOc1ccc(OC)cc1-c1ccc(C(=O)O)c(COc2cccc(Br)c2)n1. The van der Waals surface area contributed by atoms with Gasteiger partial charge in [0.15, 0.2) is 0 Å². The molecule has 0 aliphatic heterocycles. The van der Waals surface area contributed by atoms with Crippen LogP contribution < -0.4 is 14.2 Å². The summed E-state index contributed by atoms with van der Waals surface area (Å²) in [6.07, 6.45) is 0.864. The van der Waals surface area contributed by atoms with E-state index in [0.29, 0.717) is 35.2 Å². The molecule has 0 saturated carbocycles. The van der Waals surface area contributed by atoms with E-state index in [0.717, 1.165) is 16.5 Å². The Morgan fingerprint density at radius 3 is 2.60 bits per heavy atom. The molecule has 0 unspecified atom stereocenters. The van der Waals surface area contributed by atoms with Crippen molar-refractivity contribution in [3.63, 3.8) is 0 Å². The van der Waals surface area contributed by atoms with E-state index in [1.54, 1.807) is 19.2 Å².